The van der Waals surface area contributed by atoms with Crippen LogP contribution in [0.25, 0.3) is 0 Å². The number of carbonyl (C=O) groups excluding carboxylic acids is 2. The lowest BCUT2D eigenvalue weighted by atomic mass is 9.73. The molecule has 168 valence electrons. The van der Waals surface area contributed by atoms with Crippen LogP contribution in [0.4, 0.5) is 0 Å². The summed E-state index contributed by atoms with van der Waals surface area (Å²) in [6.07, 6.45) is 19.5. The molecule has 3 nitrogen and oxygen atoms in total. The monoisotopic (exact) mass is 405 g/mol. The third-order valence-corrected chi connectivity index (χ3v) is 6.66. The second kappa shape index (κ2) is 14.0. The normalized spacial score (nSPS) is 16.4. The van der Waals surface area contributed by atoms with Gasteiger partial charge in [0, 0.05) is 25.9 Å². The predicted octanol–water partition coefficient (Wildman–Crippen LogP) is 7.24. The number of unbranched alkanes of at least 4 members (excludes halogenated alkanes) is 11. The van der Waals surface area contributed by atoms with Gasteiger partial charge in [-0.15, -0.1) is 0 Å². The van der Waals surface area contributed by atoms with Crippen molar-refractivity contribution in [2.45, 2.75) is 124 Å². The molecule has 0 aromatic carbocycles. The van der Waals surface area contributed by atoms with Crippen LogP contribution in [0.15, 0.2) is 11.1 Å². The Morgan fingerprint density at radius 2 is 1.28 bits per heavy atom. The molecule has 1 aliphatic carbocycles. The van der Waals surface area contributed by atoms with Crippen molar-refractivity contribution in [3.63, 3.8) is 0 Å². The van der Waals surface area contributed by atoms with Crippen LogP contribution in [0, 0.1) is 5.41 Å². The highest BCUT2D eigenvalue weighted by Crippen LogP contribution is 2.37. The maximum Gasteiger partial charge on any atom is 0.222 e. The van der Waals surface area contributed by atoms with E-state index in [1.54, 1.807) is 4.90 Å². The van der Waals surface area contributed by atoms with E-state index in [-0.39, 0.29) is 11.3 Å². The molecule has 0 aromatic heterocycles. The molecule has 1 aliphatic rings. The molecule has 29 heavy (non-hydrogen) atoms. The summed E-state index contributed by atoms with van der Waals surface area (Å²) in [5.74, 6) is 0.633. The topological polar surface area (TPSA) is 37.4 Å². The van der Waals surface area contributed by atoms with E-state index in [0.29, 0.717) is 12.2 Å². The van der Waals surface area contributed by atoms with Gasteiger partial charge in [-0.1, -0.05) is 83.6 Å². The largest absolute Gasteiger partial charge is 0.349 e. The molecule has 0 aliphatic heterocycles. The lowest BCUT2D eigenvalue weighted by Gasteiger charge is -2.30. The molecular formula is C26H47NO2. The number of rotatable bonds is 15. The highest BCUT2D eigenvalue weighted by molar-refractivity contribution is 6.00. The van der Waals surface area contributed by atoms with Crippen molar-refractivity contribution < 1.29 is 9.59 Å². The van der Waals surface area contributed by atoms with Crippen molar-refractivity contribution in [1.82, 2.24) is 4.90 Å². The maximum absolute atomic E-state index is 12.4. The summed E-state index contributed by atoms with van der Waals surface area (Å²) >= 11 is 0. The van der Waals surface area contributed by atoms with Crippen molar-refractivity contribution in [3.05, 3.63) is 11.1 Å². The van der Waals surface area contributed by atoms with E-state index in [1.807, 2.05) is 21.0 Å². The first-order valence-corrected chi connectivity index (χ1v) is 12.2. The van der Waals surface area contributed by atoms with E-state index < -0.39 is 0 Å². The summed E-state index contributed by atoms with van der Waals surface area (Å²) in [4.78, 5) is 25.5. The molecule has 0 aromatic rings. The van der Waals surface area contributed by atoms with E-state index in [0.717, 1.165) is 31.3 Å². The number of ketones is 1. The standard InChI is InChI=1S/C26H47NO2/c1-22-23(20-21-26(2,3)25(22)29)18-16-14-12-10-8-6-7-9-11-13-15-17-19-24(28)27(4)5/h6-21H2,1-5H3. The smallest absolute Gasteiger partial charge is 0.222 e. The molecule has 0 N–H and O–H groups in total. The molecule has 0 radical (unpaired) electrons. The first-order chi connectivity index (χ1) is 13.8. The van der Waals surface area contributed by atoms with Crippen LogP contribution in [0.5, 0.6) is 0 Å². The first-order valence-electron chi connectivity index (χ1n) is 12.2. The van der Waals surface area contributed by atoms with Crippen molar-refractivity contribution in [2.24, 2.45) is 5.41 Å². The number of allylic oxidation sites excluding steroid dienone is 2. The van der Waals surface area contributed by atoms with Crippen LogP contribution in [0.1, 0.15) is 124 Å². The van der Waals surface area contributed by atoms with Gasteiger partial charge in [0.15, 0.2) is 5.78 Å². The Morgan fingerprint density at radius 1 is 0.828 bits per heavy atom. The van der Waals surface area contributed by atoms with Crippen molar-refractivity contribution in [3.8, 4) is 0 Å². The lowest BCUT2D eigenvalue weighted by molar-refractivity contribution is -0.128. The zero-order chi connectivity index (χ0) is 21.7. The zero-order valence-corrected chi connectivity index (χ0v) is 20.1. The second-order valence-electron chi connectivity index (χ2n) is 9.97. The Balaban J connectivity index is 1.90. The molecule has 0 heterocycles. The molecule has 0 saturated carbocycles. The van der Waals surface area contributed by atoms with Crippen LogP contribution in [-0.4, -0.2) is 30.7 Å². The fourth-order valence-corrected chi connectivity index (χ4v) is 4.35. The molecule has 1 rings (SSSR count). The highest BCUT2D eigenvalue weighted by Gasteiger charge is 2.33. The van der Waals surface area contributed by atoms with Crippen LogP contribution in [-0.2, 0) is 9.59 Å². The molecule has 1 amide bonds. The van der Waals surface area contributed by atoms with Crippen LogP contribution >= 0.6 is 0 Å². The summed E-state index contributed by atoms with van der Waals surface area (Å²) in [5, 5.41) is 0. The minimum atomic E-state index is -0.140. The molecule has 0 spiro atoms. The van der Waals surface area contributed by atoms with Gasteiger partial charge in [0.05, 0.1) is 0 Å². The van der Waals surface area contributed by atoms with Crippen molar-refractivity contribution in [2.75, 3.05) is 14.1 Å². The van der Waals surface area contributed by atoms with Crippen LogP contribution in [0.2, 0.25) is 0 Å². The van der Waals surface area contributed by atoms with Gasteiger partial charge in [0.25, 0.3) is 0 Å². The molecule has 3 heteroatoms. The van der Waals surface area contributed by atoms with E-state index in [9.17, 15) is 9.59 Å². The van der Waals surface area contributed by atoms with E-state index in [1.165, 1.54) is 76.2 Å². The SMILES string of the molecule is CC1=C(CCCCCCCCCCCCCCC(=O)N(C)C)CCC(C)(C)C1=O. The third kappa shape index (κ3) is 10.5. The van der Waals surface area contributed by atoms with Crippen LogP contribution in [0.3, 0.4) is 0 Å². The number of carbonyl (C=O) groups is 2. The average Bonchev–Trinajstić information content (AvgIpc) is 2.67. The maximum atomic E-state index is 12.4. The number of nitrogens with zero attached hydrogens (tertiary/aromatic N) is 1. The van der Waals surface area contributed by atoms with E-state index in [4.69, 9.17) is 0 Å². The van der Waals surface area contributed by atoms with E-state index in [2.05, 4.69) is 13.8 Å². The quantitative estimate of drug-likeness (QED) is 0.269. The Kier molecular flexibility index (Phi) is 12.5. The van der Waals surface area contributed by atoms with Gasteiger partial charge < -0.3 is 4.90 Å². The molecule has 0 atom stereocenters. The zero-order valence-electron chi connectivity index (χ0n) is 20.1. The van der Waals surface area contributed by atoms with Gasteiger partial charge in [0.1, 0.15) is 0 Å². The van der Waals surface area contributed by atoms with Gasteiger partial charge in [-0.2, -0.15) is 0 Å². The third-order valence-electron chi connectivity index (χ3n) is 6.66. The van der Waals surface area contributed by atoms with Crippen LogP contribution < -0.4 is 0 Å². The van der Waals surface area contributed by atoms with E-state index >= 15 is 0 Å². The second-order valence-corrected chi connectivity index (χ2v) is 9.97. The Bertz CT molecular complexity index is 531. The van der Waals surface area contributed by atoms with Gasteiger partial charge in [-0.25, -0.2) is 0 Å². The fraction of sp³-hybridized carbons (Fsp3) is 0.846. The minimum Gasteiger partial charge on any atom is -0.349 e. The molecule has 0 unspecified atom stereocenters. The molecule has 0 fully saturated rings. The summed E-state index contributed by atoms with van der Waals surface area (Å²) in [6, 6.07) is 0. The Labute approximate surface area is 180 Å². The van der Waals surface area contributed by atoms with Gasteiger partial charge in [0.2, 0.25) is 5.91 Å². The summed E-state index contributed by atoms with van der Waals surface area (Å²) in [6.45, 7) is 6.22. The van der Waals surface area contributed by atoms with Gasteiger partial charge >= 0.3 is 0 Å². The Morgan fingerprint density at radius 3 is 1.76 bits per heavy atom. The average molecular weight is 406 g/mol. The number of hydrogen-bond acceptors (Lipinski definition) is 2. The molecular weight excluding hydrogens is 358 g/mol. The highest BCUT2D eigenvalue weighted by atomic mass is 16.2. The first kappa shape index (κ1) is 25.9. The Hall–Kier alpha value is -1.12. The predicted molar refractivity (Wildman–Crippen MR) is 124 cm³/mol. The number of hydrogen-bond donors (Lipinski definition) is 0. The van der Waals surface area contributed by atoms with Gasteiger partial charge in [-0.05, 0) is 44.6 Å². The molecule has 0 saturated heterocycles. The lowest BCUT2D eigenvalue weighted by Crippen LogP contribution is -2.29. The fourth-order valence-electron chi connectivity index (χ4n) is 4.35. The van der Waals surface area contributed by atoms with Crippen molar-refractivity contribution >= 4 is 11.7 Å². The summed E-state index contributed by atoms with van der Waals surface area (Å²) < 4.78 is 0. The summed E-state index contributed by atoms with van der Waals surface area (Å²) in [7, 11) is 3.67. The number of amides is 1. The molecule has 0 bridgehead atoms. The minimum absolute atomic E-state index is 0.140. The number of Topliss-reactive ketones (excluding diaryl/α,β-unsaturated/α-hetero) is 1. The van der Waals surface area contributed by atoms with Crippen molar-refractivity contribution in [1.29, 1.82) is 0 Å². The van der Waals surface area contributed by atoms with Gasteiger partial charge in [-0.3, -0.25) is 9.59 Å². The summed E-state index contributed by atoms with van der Waals surface area (Å²) in [5.41, 5.74) is 2.35.